The fourth-order valence-corrected chi connectivity index (χ4v) is 3.29. The molecule has 1 N–H and O–H groups in total. The highest BCUT2D eigenvalue weighted by Crippen LogP contribution is 2.23. The van der Waals surface area contributed by atoms with Crippen LogP contribution < -0.4 is 0 Å². The summed E-state index contributed by atoms with van der Waals surface area (Å²) in [5, 5.41) is 12.6. The van der Waals surface area contributed by atoms with Crippen LogP contribution in [0.15, 0.2) is 35.6 Å². The second kappa shape index (κ2) is 8.66. The Bertz CT molecular complexity index is 643. The molecule has 0 aromatic carbocycles. The summed E-state index contributed by atoms with van der Waals surface area (Å²) in [6, 6.07) is -0.181. The molecule has 0 aromatic heterocycles. The number of allylic oxidation sites excluding steroid dienone is 4. The molecule has 0 bridgehead atoms. The van der Waals surface area contributed by atoms with E-state index in [0.29, 0.717) is 25.7 Å². The zero-order valence-electron chi connectivity index (χ0n) is 15.4. The highest BCUT2D eigenvalue weighted by molar-refractivity contribution is 5.80. The van der Waals surface area contributed by atoms with E-state index in [1.807, 2.05) is 19.1 Å². The molecular weight excluding hydrogens is 336 g/mol. The van der Waals surface area contributed by atoms with E-state index in [0.717, 1.165) is 5.57 Å². The standard InChI is InChI=1S/C18H26N4O4/c1-14(9-15-5-4-6-16(25)8-7-15)22-17(10-19(2)12-23)21(13-24)20(3)11-18(22)26/h5-8,12-14,17,25H,4,9-11H2,1-3H3/t14-,17?/m1/s1. The van der Waals surface area contributed by atoms with Crippen molar-refractivity contribution in [1.29, 1.82) is 0 Å². The smallest absolute Gasteiger partial charge is 0.240 e. The molecule has 8 heteroatoms. The van der Waals surface area contributed by atoms with Gasteiger partial charge in [0, 0.05) is 20.1 Å². The van der Waals surface area contributed by atoms with Crippen LogP contribution in [0.1, 0.15) is 19.8 Å². The molecule has 1 unspecified atom stereocenters. The molecule has 1 saturated heterocycles. The van der Waals surface area contributed by atoms with Gasteiger partial charge in [0.15, 0.2) is 0 Å². The van der Waals surface area contributed by atoms with E-state index in [1.165, 1.54) is 9.91 Å². The highest BCUT2D eigenvalue weighted by atomic mass is 16.3. The molecule has 26 heavy (non-hydrogen) atoms. The van der Waals surface area contributed by atoms with Gasteiger partial charge < -0.3 is 14.9 Å². The maximum Gasteiger partial charge on any atom is 0.240 e. The number of likely N-dealkylation sites (N-methyl/N-ethyl adjacent to an activating group) is 2. The Morgan fingerprint density at radius 2 is 2.08 bits per heavy atom. The van der Waals surface area contributed by atoms with Crippen molar-refractivity contribution in [1.82, 2.24) is 19.8 Å². The lowest BCUT2D eigenvalue weighted by atomic mass is 10.0. The zero-order chi connectivity index (χ0) is 19.3. The molecule has 1 heterocycles. The summed E-state index contributed by atoms with van der Waals surface area (Å²) in [6.07, 6.45) is 9.18. The number of nitrogens with zero attached hydrogens (tertiary/aromatic N) is 4. The summed E-state index contributed by atoms with van der Waals surface area (Å²) in [6.45, 7) is 2.24. The minimum absolute atomic E-state index is 0.0958. The number of hydrogen-bond donors (Lipinski definition) is 1. The molecular formula is C18H26N4O4. The number of carbonyl (C=O) groups is 3. The number of aliphatic hydroxyl groups is 1. The maximum absolute atomic E-state index is 12.7. The molecule has 2 aliphatic rings. The topological polar surface area (TPSA) is 84.4 Å². The van der Waals surface area contributed by atoms with Crippen LogP contribution in [0.25, 0.3) is 0 Å². The number of amides is 3. The van der Waals surface area contributed by atoms with Crippen LogP contribution in [0.2, 0.25) is 0 Å². The van der Waals surface area contributed by atoms with Gasteiger partial charge in [-0.05, 0) is 37.5 Å². The van der Waals surface area contributed by atoms with Crippen molar-refractivity contribution in [2.24, 2.45) is 0 Å². The van der Waals surface area contributed by atoms with E-state index in [1.54, 1.807) is 36.2 Å². The monoisotopic (exact) mass is 362 g/mol. The van der Waals surface area contributed by atoms with Crippen molar-refractivity contribution in [3.63, 3.8) is 0 Å². The van der Waals surface area contributed by atoms with Crippen molar-refractivity contribution in [3.05, 3.63) is 35.6 Å². The third kappa shape index (κ3) is 4.51. The SMILES string of the molecule is C[C@H](CC1=CCC=C(O)C=C1)N1C(=O)CN(C)N(C=O)C1CN(C)C=O. The fraction of sp³-hybridized carbons (Fsp3) is 0.500. The minimum atomic E-state index is -0.564. The van der Waals surface area contributed by atoms with E-state index in [-0.39, 0.29) is 30.8 Å². The molecule has 2 rings (SSSR count). The van der Waals surface area contributed by atoms with Crippen LogP contribution in [0.3, 0.4) is 0 Å². The lowest BCUT2D eigenvalue weighted by Gasteiger charge is -2.49. The Morgan fingerprint density at radius 1 is 1.35 bits per heavy atom. The van der Waals surface area contributed by atoms with Crippen molar-refractivity contribution < 1.29 is 19.5 Å². The van der Waals surface area contributed by atoms with Crippen molar-refractivity contribution in [2.75, 3.05) is 27.2 Å². The number of hydrogen-bond acceptors (Lipinski definition) is 5. The average molecular weight is 362 g/mol. The second-order valence-electron chi connectivity index (χ2n) is 6.66. The van der Waals surface area contributed by atoms with E-state index in [2.05, 4.69) is 0 Å². The minimum Gasteiger partial charge on any atom is -0.508 e. The molecule has 2 atom stereocenters. The summed E-state index contributed by atoms with van der Waals surface area (Å²) in [4.78, 5) is 38.4. The summed E-state index contributed by atoms with van der Waals surface area (Å²) in [7, 11) is 3.29. The van der Waals surface area contributed by atoms with E-state index >= 15 is 0 Å². The Hall–Kier alpha value is -2.61. The normalized spacial score (nSPS) is 22.4. The number of carbonyl (C=O) groups excluding carboxylic acids is 3. The third-order valence-corrected chi connectivity index (χ3v) is 4.59. The summed E-state index contributed by atoms with van der Waals surface area (Å²) < 4.78 is 0. The van der Waals surface area contributed by atoms with E-state index in [4.69, 9.17) is 0 Å². The van der Waals surface area contributed by atoms with Gasteiger partial charge in [-0.15, -0.1) is 0 Å². The van der Waals surface area contributed by atoms with Gasteiger partial charge in [-0.2, -0.15) is 0 Å². The first-order valence-corrected chi connectivity index (χ1v) is 8.55. The van der Waals surface area contributed by atoms with Crippen LogP contribution in [0.4, 0.5) is 0 Å². The molecule has 142 valence electrons. The Morgan fingerprint density at radius 3 is 2.73 bits per heavy atom. The fourth-order valence-electron chi connectivity index (χ4n) is 3.29. The van der Waals surface area contributed by atoms with Gasteiger partial charge in [-0.25, -0.2) is 5.01 Å². The maximum atomic E-state index is 12.7. The second-order valence-corrected chi connectivity index (χ2v) is 6.66. The lowest BCUT2D eigenvalue weighted by molar-refractivity contribution is -0.183. The largest absolute Gasteiger partial charge is 0.508 e. The predicted molar refractivity (Wildman–Crippen MR) is 96.5 cm³/mol. The quantitative estimate of drug-likeness (QED) is 0.673. The van der Waals surface area contributed by atoms with E-state index in [9.17, 15) is 19.5 Å². The molecule has 0 saturated carbocycles. The van der Waals surface area contributed by atoms with Crippen LogP contribution in [-0.4, -0.2) is 83.0 Å². The average Bonchev–Trinajstić information content (AvgIpc) is 2.79. The molecule has 8 nitrogen and oxygen atoms in total. The van der Waals surface area contributed by atoms with Crippen LogP contribution in [-0.2, 0) is 14.4 Å². The zero-order valence-corrected chi connectivity index (χ0v) is 15.4. The van der Waals surface area contributed by atoms with Crippen molar-refractivity contribution >= 4 is 18.7 Å². The summed E-state index contributed by atoms with van der Waals surface area (Å²) in [5.41, 5.74) is 1.00. The Labute approximate surface area is 153 Å². The number of aliphatic hydroxyl groups excluding tert-OH is 1. The van der Waals surface area contributed by atoms with Crippen LogP contribution in [0, 0.1) is 0 Å². The van der Waals surface area contributed by atoms with E-state index < -0.39 is 6.17 Å². The highest BCUT2D eigenvalue weighted by Gasteiger charge is 2.39. The lowest BCUT2D eigenvalue weighted by Crippen LogP contribution is -2.68. The van der Waals surface area contributed by atoms with Crippen LogP contribution in [0.5, 0.6) is 0 Å². The number of rotatable bonds is 7. The molecule has 1 aliphatic carbocycles. The van der Waals surface area contributed by atoms with Gasteiger partial charge in [0.25, 0.3) is 0 Å². The van der Waals surface area contributed by atoms with Crippen molar-refractivity contribution in [2.45, 2.75) is 32.0 Å². The Kier molecular flexibility index (Phi) is 6.57. The van der Waals surface area contributed by atoms with Gasteiger partial charge >= 0.3 is 0 Å². The van der Waals surface area contributed by atoms with Gasteiger partial charge in [-0.1, -0.05) is 12.2 Å². The number of hydrazine groups is 1. The molecule has 1 aliphatic heterocycles. The summed E-state index contributed by atoms with van der Waals surface area (Å²) >= 11 is 0. The predicted octanol–water partition coefficient (Wildman–Crippen LogP) is 0.655. The van der Waals surface area contributed by atoms with Gasteiger partial charge in [0.2, 0.25) is 18.7 Å². The first kappa shape index (κ1) is 19.7. The van der Waals surface area contributed by atoms with Crippen molar-refractivity contribution in [3.8, 4) is 0 Å². The third-order valence-electron chi connectivity index (χ3n) is 4.59. The van der Waals surface area contributed by atoms with Crippen LogP contribution >= 0.6 is 0 Å². The summed E-state index contributed by atoms with van der Waals surface area (Å²) in [5.74, 6) is 0.124. The molecule has 1 fully saturated rings. The van der Waals surface area contributed by atoms with Gasteiger partial charge in [-0.3, -0.25) is 19.4 Å². The molecule has 0 aromatic rings. The first-order valence-electron chi connectivity index (χ1n) is 8.55. The molecule has 0 radical (unpaired) electrons. The Balaban J connectivity index is 2.22. The van der Waals surface area contributed by atoms with Gasteiger partial charge in [0.05, 0.1) is 13.1 Å². The molecule has 0 spiro atoms. The molecule has 3 amide bonds. The van der Waals surface area contributed by atoms with Gasteiger partial charge in [0.1, 0.15) is 11.9 Å². The first-order chi connectivity index (χ1) is 12.4.